The second-order valence-corrected chi connectivity index (χ2v) is 7.03. The molecule has 0 bridgehead atoms. The standard InChI is InChI=1S/C22H19F3N2O4/c23-22(24,25)16-8-5-14(6-9-16)7-10-19(28)26-11-20(29)27-12-15-3-1-2-4-17(15)18(13-27)21(30)31/h1-10,18H,11-13H2,(H,26,28)(H,30,31)/b10-7+. The fourth-order valence-corrected chi connectivity index (χ4v) is 3.30. The highest BCUT2D eigenvalue weighted by Crippen LogP contribution is 2.29. The highest BCUT2D eigenvalue weighted by molar-refractivity contribution is 5.94. The summed E-state index contributed by atoms with van der Waals surface area (Å²) in [5.41, 5.74) is 1.01. The maximum atomic E-state index is 12.6. The van der Waals surface area contributed by atoms with E-state index in [9.17, 15) is 32.7 Å². The zero-order valence-corrected chi connectivity index (χ0v) is 16.2. The van der Waals surface area contributed by atoms with Crippen molar-refractivity contribution in [2.24, 2.45) is 0 Å². The number of fused-ring (bicyclic) bond motifs is 1. The van der Waals surface area contributed by atoms with Crippen LogP contribution in [0.2, 0.25) is 0 Å². The van der Waals surface area contributed by atoms with Gasteiger partial charge in [0.2, 0.25) is 11.8 Å². The van der Waals surface area contributed by atoms with Crippen LogP contribution in [0.25, 0.3) is 6.08 Å². The van der Waals surface area contributed by atoms with Gasteiger partial charge in [-0.2, -0.15) is 13.2 Å². The lowest BCUT2D eigenvalue weighted by atomic mass is 9.90. The number of carbonyl (C=O) groups excluding carboxylic acids is 2. The van der Waals surface area contributed by atoms with Crippen molar-refractivity contribution >= 4 is 23.9 Å². The number of halogens is 3. The van der Waals surface area contributed by atoms with Crippen LogP contribution in [-0.2, 0) is 27.1 Å². The van der Waals surface area contributed by atoms with Gasteiger partial charge in [0.1, 0.15) is 0 Å². The van der Waals surface area contributed by atoms with E-state index < -0.39 is 35.4 Å². The first-order valence-corrected chi connectivity index (χ1v) is 9.36. The molecule has 6 nitrogen and oxygen atoms in total. The van der Waals surface area contributed by atoms with Gasteiger partial charge in [-0.25, -0.2) is 0 Å². The molecule has 0 fully saturated rings. The molecule has 1 aliphatic heterocycles. The molecule has 0 radical (unpaired) electrons. The van der Waals surface area contributed by atoms with E-state index in [4.69, 9.17) is 0 Å². The first kappa shape index (κ1) is 22.1. The van der Waals surface area contributed by atoms with Crippen LogP contribution in [0.5, 0.6) is 0 Å². The Kier molecular flexibility index (Phi) is 6.43. The number of nitrogens with zero attached hydrogens (tertiary/aromatic N) is 1. The van der Waals surface area contributed by atoms with Crippen LogP contribution in [0, 0.1) is 0 Å². The Balaban J connectivity index is 1.56. The molecule has 0 saturated carbocycles. The number of carboxylic acid groups (broad SMARTS) is 1. The van der Waals surface area contributed by atoms with Gasteiger partial charge in [0.25, 0.3) is 0 Å². The Morgan fingerprint density at radius 1 is 1.10 bits per heavy atom. The number of carboxylic acids is 1. The number of benzene rings is 2. The molecule has 1 aliphatic rings. The van der Waals surface area contributed by atoms with Crippen molar-refractivity contribution in [2.75, 3.05) is 13.1 Å². The number of amides is 2. The molecule has 162 valence electrons. The molecule has 31 heavy (non-hydrogen) atoms. The van der Waals surface area contributed by atoms with Gasteiger partial charge in [-0.1, -0.05) is 36.4 Å². The van der Waals surface area contributed by atoms with Gasteiger partial charge >= 0.3 is 12.1 Å². The van der Waals surface area contributed by atoms with E-state index in [2.05, 4.69) is 5.32 Å². The Labute approximate surface area is 176 Å². The van der Waals surface area contributed by atoms with E-state index in [1.807, 2.05) is 0 Å². The van der Waals surface area contributed by atoms with Crippen molar-refractivity contribution in [3.8, 4) is 0 Å². The van der Waals surface area contributed by atoms with E-state index in [0.29, 0.717) is 11.1 Å². The maximum Gasteiger partial charge on any atom is 0.416 e. The van der Waals surface area contributed by atoms with Gasteiger partial charge in [0.05, 0.1) is 18.0 Å². The molecule has 2 aromatic carbocycles. The fourth-order valence-electron chi connectivity index (χ4n) is 3.30. The van der Waals surface area contributed by atoms with Crippen LogP contribution in [0.3, 0.4) is 0 Å². The molecule has 1 unspecified atom stereocenters. The normalized spacial score (nSPS) is 16.1. The first-order chi connectivity index (χ1) is 14.6. The van der Waals surface area contributed by atoms with Crippen LogP contribution >= 0.6 is 0 Å². The number of rotatable bonds is 5. The molecule has 0 saturated heterocycles. The molecule has 0 spiro atoms. The molecule has 0 aromatic heterocycles. The molecule has 2 aromatic rings. The minimum atomic E-state index is -4.44. The largest absolute Gasteiger partial charge is 0.481 e. The summed E-state index contributed by atoms with van der Waals surface area (Å²) in [5.74, 6) is -2.91. The zero-order valence-electron chi connectivity index (χ0n) is 16.2. The number of carbonyl (C=O) groups is 3. The van der Waals surface area contributed by atoms with Crippen LogP contribution in [0.15, 0.2) is 54.6 Å². The van der Waals surface area contributed by atoms with E-state index in [1.54, 1.807) is 24.3 Å². The van der Waals surface area contributed by atoms with Crippen molar-refractivity contribution in [3.63, 3.8) is 0 Å². The van der Waals surface area contributed by atoms with Gasteiger partial charge < -0.3 is 15.3 Å². The van der Waals surface area contributed by atoms with Gasteiger partial charge in [0, 0.05) is 19.2 Å². The predicted octanol–water partition coefficient (Wildman–Crippen LogP) is 3.05. The van der Waals surface area contributed by atoms with Gasteiger partial charge in [-0.3, -0.25) is 14.4 Å². The van der Waals surface area contributed by atoms with Crippen molar-refractivity contribution in [1.82, 2.24) is 10.2 Å². The quantitative estimate of drug-likeness (QED) is 0.712. The molecule has 2 amide bonds. The smallest absolute Gasteiger partial charge is 0.416 e. The predicted molar refractivity (Wildman–Crippen MR) is 106 cm³/mol. The third kappa shape index (κ3) is 5.50. The number of alkyl halides is 3. The minimum absolute atomic E-state index is 0.00242. The van der Waals surface area contributed by atoms with E-state index in [0.717, 1.165) is 23.8 Å². The number of hydrogen-bond acceptors (Lipinski definition) is 3. The van der Waals surface area contributed by atoms with Crippen molar-refractivity contribution in [3.05, 3.63) is 76.9 Å². The van der Waals surface area contributed by atoms with Crippen LogP contribution < -0.4 is 5.32 Å². The highest BCUT2D eigenvalue weighted by Gasteiger charge is 2.32. The summed E-state index contributed by atoms with van der Waals surface area (Å²) in [6.07, 6.45) is -1.99. The number of hydrogen-bond donors (Lipinski definition) is 2. The second-order valence-electron chi connectivity index (χ2n) is 7.03. The fraction of sp³-hybridized carbons (Fsp3) is 0.227. The van der Waals surface area contributed by atoms with Gasteiger partial charge in [-0.15, -0.1) is 0 Å². The lowest BCUT2D eigenvalue weighted by molar-refractivity contribution is -0.141. The number of nitrogens with one attached hydrogen (secondary N) is 1. The highest BCUT2D eigenvalue weighted by atomic mass is 19.4. The van der Waals surface area contributed by atoms with Crippen molar-refractivity contribution in [2.45, 2.75) is 18.6 Å². The average molecular weight is 432 g/mol. The molecular weight excluding hydrogens is 413 g/mol. The first-order valence-electron chi connectivity index (χ1n) is 9.36. The van der Waals surface area contributed by atoms with Crippen LogP contribution in [0.1, 0.15) is 28.2 Å². The summed E-state index contributed by atoms with van der Waals surface area (Å²) in [7, 11) is 0. The maximum absolute atomic E-state index is 12.6. The van der Waals surface area contributed by atoms with Crippen LogP contribution in [0.4, 0.5) is 13.2 Å². The summed E-state index contributed by atoms with van der Waals surface area (Å²) in [5, 5.41) is 11.9. The van der Waals surface area contributed by atoms with Crippen LogP contribution in [-0.4, -0.2) is 40.9 Å². The monoisotopic (exact) mass is 432 g/mol. The third-order valence-corrected chi connectivity index (χ3v) is 4.92. The molecule has 1 atom stereocenters. The Hall–Kier alpha value is -3.62. The number of aliphatic carboxylic acids is 1. The van der Waals surface area contributed by atoms with Gasteiger partial charge in [-0.05, 0) is 34.9 Å². The van der Waals surface area contributed by atoms with E-state index in [-0.39, 0.29) is 19.6 Å². The summed E-state index contributed by atoms with van der Waals surface area (Å²) in [6.45, 7) is -0.0802. The van der Waals surface area contributed by atoms with E-state index in [1.165, 1.54) is 23.1 Å². The zero-order chi connectivity index (χ0) is 22.6. The minimum Gasteiger partial charge on any atom is -0.481 e. The van der Waals surface area contributed by atoms with Crippen molar-refractivity contribution < 1.29 is 32.7 Å². The van der Waals surface area contributed by atoms with Crippen molar-refractivity contribution in [1.29, 1.82) is 0 Å². The third-order valence-electron chi connectivity index (χ3n) is 4.92. The lowest BCUT2D eigenvalue weighted by Crippen LogP contribution is -2.45. The topological polar surface area (TPSA) is 86.7 Å². The average Bonchev–Trinajstić information content (AvgIpc) is 2.74. The molecule has 9 heteroatoms. The summed E-state index contributed by atoms with van der Waals surface area (Å²) in [6, 6.07) is 11.3. The second kappa shape index (κ2) is 9.03. The van der Waals surface area contributed by atoms with E-state index >= 15 is 0 Å². The molecule has 0 aliphatic carbocycles. The summed E-state index contributed by atoms with van der Waals surface area (Å²) in [4.78, 5) is 37.4. The molecular formula is C22H19F3N2O4. The summed E-state index contributed by atoms with van der Waals surface area (Å²) < 4.78 is 37.7. The Morgan fingerprint density at radius 3 is 2.42 bits per heavy atom. The summed E-state index contributed by atoms with van der Waals surface area (Å²) >= 11 is 0. The molecule has 3 rings (SSSR count). The molecule has 1 heterocycles. The Morgan fingerprint density at radius 2 is 1.77 bits per heavy atom. The molecule has 2 N–H and O–H groups in total. The Bertz CT molecular complexity index is 1020. The van der Waals surface area contributed by atoms with Gasteiger partial charge in [0.15, 0.2) is 0 Å². The lowest BCUT2D eigenvalue weighted by Gasteiger charge is -2.32. The SMILES string of the molecule is O=C(/C=C/c1ccc(C(F)(F)F)cc1)NCC(=O)N1Cc2ccccc2C(C(=O)O)C1.